The molecule has 0 heterocycles. The van der Waals surface area contributed by atoms with Crippen molar-refractivity contribution in [2.75, 3.05) is 54.7 Å². The first-order valence-electron chi connectivity index (χ1n) is 15.6. The number of carbonyl (C=O) groups is 2. The zero-order valence-electron chi connectivity index (χ0n) is 28.8. The van der Waals surface area contributed by atoms with Gasteiger partial charge in [0.1, 0.15) is 11.5 Å². The van der Waals surface area contributed by atoms with Gasteiger partial charge in [0.15, 0.2) is 11.6 Å². The molecule has 0 aliphatic carbocycles. The lowest BCUT2D eigenvalue weighted by molar-refractivity contribution is 0.0737. The van der Waals surface area contributed by atoms with E-state index in [9.17, 15) is 18.7 Å². The van der Waals surface area contributed by atoms with E-state index in [1.807, 2.05) is 0 Å². The number of amides is 2. The van der Waals surface area contributed by atoms with Gasteiger partial charge >= 0.3 is 15.2 Å². The maximum Gasteiger partial charge on any atom is 0.357 e. The highest BCUT2D eigenvalue weighted by atomic mass is 31.2. The average Bonchev–Trinajstić information content (AvgIpc) is 3.08. The van der Waals surface area contributed by atoms with Crippen LogP contribution in [0.4, 0.5) is 0 Å². The third kappa shape index (κ3) is 8.94. The molecule has 12 nitrogen and oxygen atoms in total. The van der Waals surface area contributed by atoms with E-state index in [0.29, 0.717) is 22.6 Å². The van der Waals surface area contributed by atoms with E-state index in [-0.39, 0.29) is 37.6 Å². The predicted octanol–water partition coefficient (Wildman–Crippen LogP) is 7.78. The first-order valence-corrected chi connectivity index (χ1v) is 18.9. The van der Waals surface area contributed by atoms with Crippen molar-refractivity contribution >= 4 is 27.0 Å². The smallest absolute Gasteiger partial charge is 0.357 e. The molecule has 48 heavy (non-hydrogen) atoms. The molecule has 14 heteroatoms. The molecular weight excluding hydrogens is 658 g/mol. The van der Waals surface area contributed by atoms with Crippen molar-refractivity contribution in [2.45, 2.75) is 39.3 Å². The number of ether oxygens (including phenoxy) is 2. The molecule has 262 valence electrons. The number of carbonyl (C=O) groups excluding carboxylic acids is 2. The molecule has 0 aliphatic rings. The summed E-state index contributed by atoms with van der Waals surface area (Å²) in [5, 5.41) is 0. The number of rotatable bonds is 18. The van der Waals surface area contributed by atoms with Crippen LogP contribution >= 0.6 is 15.2 Å². The van der Waals surface area contributed by atoms with Gasteiger partial charge in [0.05, 0.1) is 40.6 Å². The Labute approximate surface area is 283 Å². The molecule has 3 rings (SSSR count). The summed E-state index contributed by atoms with van der Waals surface area (Å²) in [4.78, 5) is 30.7. The van der Waals surface area contributed by atoms with Gasteiger partial charge in [-0.25, -0.2) is 0 Å². The molecule has 2 unspecified atom stereocenters. The van der Waals surface area contributed by atoms with Crippen LogP contribution in [0.25, 0.3) is 0 Å². The number of methoxy groups -OCH3 is 2. The fraction of sp³-hybridized carbons (Fsp3) is 0.412. The van der Waals surface area contributed by atoms with Crippen molar-refractivity contribution in [1.82, 2.24) is 9.80 Å². The van der Waals surface area contributed by atoms with Crippen LogP contribution in [-0.2, 0) is 27.2 Å². The second kappa shape index (κ2) is 17.8. The maximum atomic E-state index is 14.2. The summed E-state index contributed by atoms with van der Waals surface area (Å²) >= 11 is 0. The van der Waals surface area contributed by atoms with Gasteiger partial charge in [-0.05, 0) is 81.3 Å². The maximum absolute atomic E-state index is 14.2. The monoisotopic (exact) mass is 704 g/mol. The van der Waals surface area contributed by atoms with Gasteiger partial charge in [0.25, 0.3) is 11.8 Å². The quantitative estimate of drug-likeness (QED) is 0.121. The summed E-state index contributed by atoms with van der Waals surface area (Å²) in [6, 6.07) is 19.7. The molecule has 0 spiro atoms. The molecule has 0 aliphatic heterocycles. The molecule has 0 saturated carbocycles. The number of nitrogens with zero attached hydrogens (tertiary/aromatic N) is 2. The van der Waals surface area contributed by atoms with Crippen molar-refractivity contribution in [1.29, 1.82) is 0 Å². The van der Waals surface area contributed by atoms with Crippen LogP contribution in [0.2, 0.25) is 0 Å². The van der Waals surface area contributed by atoms with Crippen molar-refractivity contribution in [3.05, 3.63) is 95.1 Å². The molecule has 0 fully saturated rings. The van der Waals surface area contributed by atoms with E-state index in [1.165, 1.54) is 44.2 Å². The van der Waals surface area contributed by atoms with Crippen molar-refractivity contribution in [2.24, 2.45) is 0 Å². The molecule has 0 saturated heterocycles. The summed E-state index contributed by atoms with van der Waals surface area (Å²) in [5.74, 6) is -2.13. The lowest BCUT2D eigenvalue weighted by atomic mass is 10.1. The normalized spacial score (nSPS) is 13.0. The Kier molecular flexibility index (Phi) is 14.4. The van der Waals surface area contributed by atoms with E-state index >= 15 is 0 Å². The molecule has 3 aromatic rings. The first kappa shape index (κ1) is 38.9. The molecule has 0 radical (unpaired) electrons. The Balaban J connectivity index is 2.05. The zero-order valence-corrected chi connectivity index (χ0v) is 30.6. The molecule has 2 atom stereocenters. The van der Waals surface area contributed by atoms with Gasteiger partial charge in [-0.2, -0.15) is 0 Å². The number of hydrogen-bond acceptors (Lipinski definition) is 10. The zero-order chi connectivity index (χ0) is 35.5. The van der Waals surface area contributed by atoms with Gasteiger partial charge in [-0.1, -0.05) is 30.3 Å². The van der Waals surface area contributed by atoms with Gasteiger partial charge < -0.3 is 37.4 Å². The van der Waals surface area contributed by atoms with Crippen LogP contribution < -0.4 is 9.47 Å². The fourth-order valence-electron chi connectivity index (χ4n) is 5.28. The van der Waals surface area contributed by atoms with Crippen LogP contribution in [0, 0.1) is 0 Å². The van der Waals surface area contributed by atoms with Crippen molar-refractivity contribution in [3.63, 3.8) is 0 Å². The van der Waals surface area contributed by atoms with Crippen molar-refractivity contribution < 1.29 is 46.3 Å². The second-order valence-electron chi connectivity index (χ2n) is 10.5. The Morgan fingerprint density at radius 1 is 0.583 bits per heavy atom. The highest BCUT2D eigenvalue weighted by molar-refractivity contribution is 7.54. The Bertz CT molecular complexity index is 1470. The molecule has 0 aromatic heterocycles. The lowest BCUT2D eigenvalue weighted by Gasteiger charge is -2.34. The van der Waals surface area contributed by atoms with Crippen LogP contribution in [0.15, 0.2) is 72.8 Å². The summed E-state index contributed by atoms with van der Waals surface area (Å²) in [5.41, 5.74) is 1.31. The van der Waals surface area contributed by atoms with E-state index in [0.717, 1.165) is 0 Å². The van der Waals surface area contributed by atoms with Gasteiger partial charge in [-0.3, -0.25) is 18.7 Å². The van der Waals surface area contributed by atoms with E-state index in [2.05, 4.69) is 0 Å². The Hall–Kier alpha value is -3.50. The molecule has 0 N–H and O–H groups in total. The minimum Gasteiger partial charge on any atom is -0.497 e. The van der Waals surface area contributed by atoms with Crippen LogP contribution in [0.5, 0.6) is 11.5 Å². The summed E-state index contributed by atoms with van der Waals surface area (Å²) in [7, 11) is -1.76. The third-order valence-electron chi connectivity index (χ3n) is 7.39. The van der Waals surface area contributed by atoms with Crippen molar-refractivity contribution in [3.8, 4) is 11.5 Å². The largest absolute Gasteiger partial charge is 0.497 e. The standard InChI is InChI=1S/C34H46N2O10P2/c1-9-43-47(39,44-10-2)33(25-16-20-29(41-7)21-17-25)35(5)31(37)27-14-13-15-28(24-27)32(38)36(6)34(48(40,45-11-3)46-12-4)26-18-22-30(42-8)23-19-26/h13-24,33-34H,9-12H2,1-8H3. The molecule has 2 amide bonds. The van der Waals surface area contributed by atoms with Crippen LogP contribution in [-0.4, -0.2) is 76.4 Å². The topological polar surface area (TPSA) is 130 Å². The summed E-state index contributed by atoms with van der Waals surface area (Å²) < 4.78 is 61.6. The SMILES string of the molecule is CCOP(=O)(OCC)C(c1ccc(OC)cc1)N(C)C(=O)c1cccc(C(=O)N(C)C(c2ccc(OC)cc2)P(=O)(OCC)OCC)c1. The number of hydrogen-bond donors (Lipinski definition) is 0. The molecule has 3 aromatic carbocycles. The first-order chi connectivity index (χ1) is 22.9. The van der Waals surface area contributed by atoms with Gasteiger partial charge in [-0.15, -0.1) is 0 Å². The Morgan fingerprint density at radius 2 is 0.896 bits per heavy atom. The molecular formula is C34H46N2O10P2. The minimum absolute atomic E-state index is 0.0883. The molecule has 0 bridgehead atoms. The van der Waals surface area contributed by atoms with Crippen LogP contribution in [0.1, 0.15) is 71.1 Å². The average molecular weight is 705 g/mol. The van der Waals surface area contributed by atoms with Crippen LogP contribution in [0.3, 0.4) is 0 Å². The van der Waals surface area contributed by atoms with E-state index in [4.69, 9.17) is 27.6 Å². The van der Waals surface area contributed by atoms with Gasteiger partial charge in [0.2, 0.25) is 0 Å². The number of benzene rings is 3. The minimum atomic E-state index is -3.92. The van der Waals surface area contributed by atoms with E-state index in [1.54, 1.807) is 94.4 Å². The highest BCUT2D eigenvalue weighted by Crippen LogP contribution is 2.63. The predicted molar refractivity (Wildman–Crippen MR) is 184 cm³/mol. The lowest BCUT2D eigenvalue weighted by Crippen LogP contribution is -2.34. The Morgan fingerprint density at radius 3 is 1.17 bits per heavy atom. The highest BCUT2D eigenvalue weighted by Gasteiger charge is 2.44. The summed E-state index contributed by atoms with van der Waals surface area (Å²) in [6.45, 7) is 7.13. The fourth-order valence-corrected chi connectivity index (χ4v) is 9.57. The van der Waals surface area contributed by atoms with Gasteiger partial charge in [0, 0.05) is 25.2 Å². The third-order valence-corrected chi connectivity index (χ3v) is 12.4. The summed E-state index contributed by atoms with van der Waals surface area (Å²) in [6.07, 6.45) is 0. The van der Waals surface area contributed by atoms with E-state index < -0.39 is 38.6 Å². The second-order valence-corrected chi connectivity index (χ2v) is 14.6.